The zero-order valence-corrected chi connectivity index (χ0v) is 16.3. The van der Waals surface area contributed by atoms with E-state index < -0.39 is 17.6 Å². The van der Waals surface area contributed by atoms with Crippen LogP contribution in [0.15, 0.2) is 84.6 Å². The fourth-order valence-corrected chi connectivity index (χ4v) is 3.32. The van der Waals surface area contributed by atoms with Crippen LogP contribution in [0.2, 0.25) is 0 Å². The minimum Gasteiger partial charge on any atom is -0.497 e. The lowest BCUT2D eigenvalue weighted by Crippen LogP contribution is -2.32. The van der Waals surface area contributed by atoms with Crippen LogP contribution in [0.4, 0.5) is 10.1 Å². The average molecular weight is 402 g/mol. The third-order valence-corrected chi connectivity index (χ3v) is 4.88. The standard InChI is InChI=1S/C24H19FN2O3/c1-30-19-13-11-16(12-14-19)21-22(26-18-8-3-2-4-9-18)24(29)27(23(21)28)15-17-7-5-6-10-20(17)25/h2-14,26H,15H2,1H3. The third kappa shape index (κ3) is 3.67. The molecule has 0 radical (unpaired) electrons. The molecule has 1 N–H and O–H groups in total. The van der Waals surface area contributed by atoms with Crippen LogP contribution in [-0.2, 0) is 16.1 Å². The summed E-state index contributed by atoms with van der Waals surface area (Å²) < 4.78 is 19.3. The number of carbonyl (C=O) groups excluding carboxylic acids is 2. The van der Waals surface area contributed by atoms with Crippen LogP contribution in [-0.4, -0.2) is 23.8 Å². The zero-order chi connectivity index (χ0) is 21.1. The Hall–Kier alpha value is -3.93. The van der Waals surface area contributed by atoms with Gasteiger partial charge in [-0.1, -0.05) is 48.5 Å². The van der Waals surface area contributed by atoms with Crippen molar-refractivity contribution in [3.05, 3.63) is 102 Å². The summed E-state index contributed by atoms with van der Waals surface area (Å²) in [5.41, 5.74) is 1.92. The first kappa shape index (κ1) is 19.4. The average Bonchev–Trinajstić information content (AvgIpc) is 3.00. The van der Waals surface area contributed by atoms with Crippen LogP contribution < -0.4 is 10.1 Å². The minimum absolute atomic E-state index is 0.149. The van der Waals surface area contributed by atoms with E-state index in [0.717, 1.165) is 4.90 Å². The van der Waals surface area contributed by atoms with Crippen molar-refractivity contribution in [1.29, 1.82) is 0 Å². The summed E-state index contributed by atoms with van der Waals surface area (Å²) in [5.74, 6) is -0.810. The highest BCUT2D eigenvalue weighted by atomic mass is 19.1. The molecule has 0 bridgehead atoms. The number of rotatable bonds is 6. The molecule has 3 aromatic carbocycles. The van der Waals surface area contributed by atoms with Crippen molar-refractivity contribution >= 4 is 23.1 Å². The molecule has 5 nitrogen and oxygen atoms in total. The molecule has 6 heteroatoms. The second kappa shape index (κ2) is 8.21. The molecule has 0 aromatic heterocycles. The van der Waals surface area contributed by atoms with Gasteiger partial charge in [-0.3, -0.25) is 14.5 Å². The second-order valence-corrected chi connectivity index (χ2v) is 6.76. The van der Waals surface area contributed by atoms with Gasteiger partial charge in [0.25, 0.3) is 11.8 Å². The summed E-state index contributed by atoms with van der Waals surface area (Å²) in [6, 6.07) is 22.1. The van der Waals surface area contributed by atoms with Gasteiger partial charge in [-0.05, 0) is 35.9 Å². The molecule has 1 heterocycles. The van der Waals surface area contributed by atoms with E-state index in [9.17, 15) is 14.0 Å². The van der Waals surface area contributed by atoms with Gasteiger partial charge in [0.1, 0.15) is 17.3 Å². The monoisotopic (exact) mass is 402 g/mol. The van der Waals surface area contributed by atoms with Crippen molar-refractivity contribution in [1.82, 2.24) is 4.90 Å². The van der Waals surface area contributed by atoms with Crippen LogP contribution in [0.1, 0.15) is 11.1 Å². The Labute approximate surface area is 173 Å². The fourth-order valence-electron chi connectivity index (χ4n) is 3.32. The Morgan fingerprint density at radius 2 is 1.53 bits per heavy atom. The lowest BCUT2D eigenvalue weighted by molar-refractivity contribution is -0.137. The summed E-state index contributed by atoms with van der Waals surface area (Å²) in [6.07, 6.45) is 0. The van der Waals surface area contributed by atoms with Crippen molar-refractivity contribution < 1.29 is 18.7 Å². The molecular formula is C24H19FN2O3. The van der Waals surface area contributed by atoms with E-state index >= 15 is 0 Å². The van der Waals surface area contributed by atoms with Gasteiger partial charge < -0.3 is 10.1 Å². The fraction of sp³-hybridized carbons (Fsp3) is 0.0833. The van der Waals surface area contributed by atoms with Gasteiger partial charge in [-0.2, -0.15) is 0 Å². The van der Waals surface area contributed by atoms with Crippen molar-refractivity contribution in [2.75, 3.05) is 12.4 Å². The number of nitrogens with zero attached hydrogens (tertiary/aromatic N) is 1. The molecule has 0 aliphatic carbocycles. The number of halogens is 1. The van der Waals surface area contributed by atoms with Crippen LogP contribution in [0.25, 0.3) is 5.57 Å². The lowest BCUT2D eigenvalue weighted by Gasteiger charge is -2.16. The molecule has 30 heavy (non-hydrogen) atoms. The molecular weight excluding hydrogens is 383 g/mol. The molecule has 0 saturated carbocycles. The van der Waals surface area contributed by atoms with Crippen LogP contribution in [0.3, 0.4) is 0 Å². The number of imide groups is 1. The number of benzene rings is 3. The normalized spacial score (nSPS) is 13.7. The molecule has 150 valence electrons. The molecule has 0 spiro atoms. The number of ether oxygens (including phenoxy) is 1. The molecule has 4 rings (SSSR count). The smallest absolute Gasteiger partial charge is 0.278 e. The van der Waals surface area contributed by atoms with Gasteiger partial charge >= 0.3 is 0 Å². The summed E-state index contributed by atoms with van der Waals surface area (Å²) in [7, 11) is 1.55. The van der Waals surface area contributed by atoms with Gasteiger partial charge in [0.2, 0.25) is 0 Å². The predicted octanol–water partition coefficient (Wildman–Crippen LogP) is 4.23. The highest BCUT2D eigenvalue weighted by Gasteiger charge is 2.39. The quantitative estimate of drug-likeness (QED) is 0.627. The van der Waals surface area contributed by atoms with E-state index in [1.807, 2.05) is 18.2 Å². The summed E-state index contributed by atoms with van der Waals surface area (Å²) in [5, 5.41) is 3.07. The maximum atomic E-state index is 14.2. The second-order valence-electron chi connectivity index (χ2n) is 6.76. The van der Waals surface area contributed by atoms with Crippen molar-refractivity contribution in [3.63, 3.8) is 0 Å². The number of carbonyl (C=O) groups is 2. The SMILES string of the molecule is COc1ccc(C2=C(Nc3ccccc3)C(=O)N(Cc3ccccc3F)C2=O)cc1. The minimum atomic E-state index is -0.502. The topological polar surface area (TPSA) is 58.6 Å². The number of amides is 2. The molecule has 3 aromatic rings. The molecule has 1 aliphatic rings. The van der Waals surface area contributed by atoms with Crippen molar-refractivity contribution in [3.8, 4) is 5.75 Å². The lowest BCUT2D eigenvalue weighted by atomic mass is 10.0. The van der Waals surface area contributed by atoms with Gasteiger partial charge in [0, 0.05) is 11.3 Å². The summed E-state index contributed by atoms with van der Waals surface area (Å²) in [4.78, 5) is 27.5. The maximum Gasteiger partial charge on any atom is 0.278 e. The van der Waals surface area contributed by atoms with E-state index in [0.29, 0.717) is 17.0 Å². The first-order valence-electron chi connectivity index (χ1n) is 9.39. The number of para-hydroxylation sites is 1. The van der Waals surface area contributed by atoms with Gasteiger partial charge in [0.05, 0.1) is 19.2 Å². The van der Waals surface area contributed by atoms with Crippen LogP contribution in [0.5, 0.6) is 5.75 Å². The van der Waals surface area contributed by atoms with E-state index in [1.165, 1.54) is 6.07 Å². The Bertz CT molecular complexity index is 1120. The summed E-state index contributed by atoms with van der Waals surface area (Å²) in [6.45, 7) is -0.149. The molecule has 0 atom stereocenters. The molecule has 2 amide bonds. The molecule has 0 fully saturated rings. The van der Waals surface area contributed by atoms with Crippen molar-refractivity contribution in [2.24, 2.45) is 0 Å². The van der Waals surface area contributed by atoms with Crippen LogP contribution >= 0.6 is 0 Å². The highest BCUT2D eigenvalue weighted by molar-refractivity contribution is 6.36. The molecule has 1 aliphatic heterocycles. The number of nitrogens with one attached hydrogen (secondary N) is 1. The van der Waals surface area contributed by atoms with Gasteiger partial charge in [0.15, 0.2) is 0 Å². The zero-order valence-electron chi connectivity index (χ0n) is 16.3. The van der Waals surface area contributed by atoms with Crippen LogP contribution in [0, 0.1) is 5.82 Å². The summed E-state index contributed by atoms with van der Waals surface area (Å²) >= 11 is 0. The van der Waals surface area contributed by atoms with Gasteiger partial charge in [-0.25, -0.2) is 4.39 Å². The Morgan fingerprint density at radius 1 is 0.867 bits per heavy atom. The third-order valence-electron chi connectivity index (χ3n) is 4.88. The van der Waals surface area contributed by atoms with E-state index in [1.54, 1.807) is 61.7 Å². The Kier molecular flexibility index (Phi) is 5.30. The first-order valence-corrected chi connectivity index (χ1v) is 9.39. The Morgan fingerprint density at radius 3 is 2.20 bits per heavy atom. The van der Waals surface area contributed by atoms with E-state index in [-0.39, 0.29) is 23.4 Å². The number of hydrogen-bond donors (Lipinski definition) is 1. The predicted molar refractivity (Wildman–Crippen MR) is 112 cm³/mol. The van der Waals surface area contributed by atoms with Crippen molar-refractivity contribution in [2.45, 2.75) is 6.54 Å². The van der Waals surface area contributed by atoms with E-state index in [2.05, 4.69) is 5.32 Å². The molecule has 0 unspecified atom stereocenters. The highest BCUT2D eigenvalue weighted by Crippen LogP contribution is 2.32. The van der Waals surface area contributed by atoms with E-state index in [4.69, 9.17) is 4.74 Å². The maximum absolute atomic E-state index is 14.2. The number of hydrogen-bond acceptors (Lipinski definition) is 4. The largest absolute Gasteiger partial charge is 0.497 e. The first-order chi connectivity index (χ1) is 14.6. The number of anilines is 1. The number of methoxy groups -OCH3 is 1. The molecule has 0 saturated heterocycles. The Balaban J connectivity index is 1.74. The van der Waals surface area contributed by atoms with Gasteiger partial charge in [-0.15, -0.1) is 0 Å².